The van der Waals surface area contributed by atoms with Gasteiger partial charge in [0, 0.05) is 16.3 Å². The molecular weight excluding hydrogens is 280 g/mol. The molecule has 3 nitrogen and oxygen atoms in total. The van der Waals surface area contributed by atoms with Crippen molar-refractivity contribution in [3.8, 4) is 0 Å². The van der Waals surface area contributed by atoms with Crippen molar-refractivity contribution in [1.82, 2.24) is 5.32 Å². The van der Waals surface area contributed by atoms with Crippen LogP contribution in [0.25, 0.3) is 0 Å². The van der Waals surface area contributed by atoms with E-state index in [4.69, 9.17) is 11.6 Å². The van der Waals surface area contributed by atoms with Crippen LogP contribution in [0.2, 0.25) is 5.02 Å². The zero-order valence-corrected chi connectivity index (χ0v) is 12.1. The van der Waals surface area contributed by atoms with Gasteiger partial charge in [0.25, 0.3) is 0 Å². The predicted molar refractivity (Wildman–Crippen MR) is 80.8 cm³/mol. The number of nitrogens with one attached hydrogen (secondary N) is 2. The Bertz CT molecular complexity index is 568. The Morgan fingerprint density at radius 3 is 2.74 bits per heavy atom. The quantitative estimate of drug-likeness (QED) is 0.887. The molecule has 0 radical (unpaired) electrons. The molecule has 2 rings (SSSR count). The van der Waals surface area contributed by atoms with E-state index in [2.05, 4.69) is 29.7 Å². The molecule has 1 aromatic heterocycles. The third-order valence-electron chi connectivity index (χ3n) is 2.53. The van der Waals surface area contributed by atoms with Crippen molar-refractivity contribution in [3.63, 3.8) is 0 Å². The standard InChI is InChI=1S/C14H15ClN2OS/c1-10-6-7-11(19-10)8-16-9-14(18)17-13-5-3-2-4-12(13)15/h2-7,16H,8-9H2,1H3,(H,17,18). The summed E-state index contributed by atoms with van der Waals surface area (Å²) < 4.78 is 0. The number of para-hydroxylation sites is 1. The molecule has 100 valence electrons. The lowest BCUT2D eigenvalue weighted by atomic mass is 10.3. The maximum Gasteiger partial charge on any atom is 0.238 e. The fourth-order valence-electron chi connectivity index (χ4n) is 1.64. The van der Waals surface area contributed by atoms with E-state index < -0.39 is 0 Å². The molecule has 0 saturated heterocycles. The first-order chi connectivity index (χ1) is 9.15. The number of anilines is 1. The molecule has 1 heterocycles. The highest BCUT2D eigenvalue weighted by molar-refractivity contribution is 7.11. The summed E-state index contributed by atoms with van der Waals surface area (Å²) in [4.78, 5) is 14.2. The van der Waals surface area contributed by atoms with Gasteiger partial charge in [0.1, 0.15) is 0 Å². The number of carbonyl (C=O) groups is 1. The molecule has 1 amide bonds. The number of halogens is 1. The molecule has 0 saturated carbocycles. The Morgan fingerprint density at radius 2 is 2.05 bits per heavy atom. The van der Waals surface area contributed by atoms with Crippen molar-refractivity contribution >= 4 is 34.5 Å². The number of benzene rings is 1. The summed E-state index contributed by atoms with van der Waals surface area (Å²) in [5.41, 5.74) is 0.642. The molecule has 0 aliphatic rings. The van der Waals surface area contributed by atoms with Gasteiger partial charge < -0.3 is 10.6 Å². The predicted octanol–water partition coefficient (Wildman–Crippen LogP) is 3.44. The lowest BCUT2D eigenvalue weighted by Gasteiger charge is -2.07. The average molecular weight is 295 g/mol. The smallest absolute Gasteiger partial charge is 0.238 e. The first-order valence-corrected chi connectivity index (χ1v) is 7.15. The van der Waals surface area contributed by atoms with Crippen molar-refractivity contribution in [3.05, 3.63) is 51.2 Å². The van der Waals surface area contributed by atoms with Crippen molar-refractivity contribution in [2.24, 2.45) is 0 Å². The Balaban J connectivity index is 1.77. The zero-order chi connectivity index (χ0) is 13.7. The topological polar surface area (TPSA) is 41.1 Å². The van der Waals surface area contributed by atoms with Crippen LogP contribution in [-0.4, -0.2) is 12.5 Å². The molecule has 0 spiro atoms. The van der Waals surface area contributed by atoms with E-state index in [1.54, 1.807) is 23.5 Å². The Morgan fingerprint density at radius 1 is 1.26 bits per heavy atom. The lowest BCUT2D eigenvalue weighted by molar-refractivity contribution is -0.115. The second-order valence-corrected chi connectivity index (χ2v) is 5.92. The van der Waals surface area contributed by atoms with Gasteiger partial charge in [-0.25, -0.2) is 0 Å². The molecule has 0 bridgehead atoms. The zero-order valence-electron chi connectivity index (χ0n) is 10.6. The highest BCUT2D eigenvalue weighted by Crippen LogP contribution is 2.20. The number of thiophene rings is 1. The summed E-state index contributed by atoms with van der Waals surface area (Å²) >= 11 is 7.70. The van der Waals surface area contributed by atoms with Crippen LogP contribution in [0.15, 0.2) is 36.4 Å². The van der Waals surface area contributed by atoms with Gasteiger partial charge in [0.2, 0.25) is 5.91 Å². The van der Waals surface area contributed by atoms with Crippen LogP contribution in [-0.2, 0) is 11.3 Å². The first-order valence-electron chi connectivity index (χ1n) is 5.95. The number of carbonyl (C=O) groups excluding carboxylic acids is 1. The van der Waals surface area contributed by atoms with Gasteiger partial charge in [-0.15, -0.1) is 11.3 Å². The maximum atomic E-state index is 11.7. The molecule has 1 aromatic carbocycles. The third kappa shape index (κ3) is 4.35. The van der Waals surface area contributed by atoms with E-state index in [1.807, 2.05) is 12.1 Å². The van der Waals surface area contributed by atoms with Crippen molar-refractivity contribution in [1.29, 1.82) is 0 Å². The van der Waals surface area contributed by atoms with Gasteiger partial charge in [-0.05, 0) is 31.2 Å². The van der Waals surface area contributed by atoms with Gasteiger partial charge in [-0.2, -0.15) is 0 Å². The van der Waals surface area contributed by atoms with Gasteiger partial charge in [-0.1, -0.05) is 23.7 Å². The molecule has 0 fully saturated rings. The van der Waals surface area contributed by atoms with Crippen molar-refractivity contribution in [2.75, 3.05) is 11.9 Å². The van der Waals surface area contributed by atoms with Crippen LogP contribution in [0.4, 0.5) is 5.69 Å². The number of hydrogen-bond donors (Lipinski definition) is 2. The van der Waals surface area contributed by atoms with Crippen LogP contribution in [0.3, 0.4) is 0 Å². The molecule has 5 heteroatoms. The average Bonchev–Trinajstić information content (AvgIpc) is 2.78. The highest BCUT2D eigenvalue weighted by atomic mass is 35.5. The SMILES string of the molecule is Cc1ccc(CNCC(=O)Nc2ccccc2Cl)s1. The fraction of sp³-hybridized carbons (Fsp3) is 0.214. The molecule has 19 heavy (non-hydrogen) atoms. The minimum atomic E-state index is -0.0959. The van der Waals surface area contributed by atoms with Crippen molar-refractivity contribution < 1.29 is 4.79 Å². The van der Waals surface area contributed by atoms with Gasteiger partial charge >= 0.3 is 0 Å². The number of aryl methyl sites for hydroxylation is 1. The fourth-order valence-corrected chi connectivity index (χ4v) is 2.68. The van der Waals surface area contributed by atoms with Gasteiger partial charge in [0.15, 0.2) is 0 Å². The number of amides is 1. The van der Waals surface area contributed by atoms with Crippen LogP contribution in [0.1, 0.15) is 9.75 Å². The van der Waals surface area contributed by atoms with Crippen molar-refractivity contribution in [2.45, 2.75) is 13.5 Å². The van der Waals surface area contributed by atoms with E-state index >= 15 is 0 Å². The minimum Gasteiger partial charge on any atom is -0.324 e. The number of rotatable bonds is 5. The van der Waals surface area contributed by atoms with E-state index in [1.165, 1.54) is 9.75 Å². The second kappa shape index (κ2) is 6.70. The molecule has 0 aliphatic heterocycles. The summed E-state index contributed by atoms with van der Waals surface area (Å²) in [6.45, 7) is 3.04. The van der Waals surface area contributed by atoms with Crippen LogP contribution in [0, 0.1) is 6.92 Å². The second-order valence-electron chi connectivity index (χ2n) is 4.14. The number of hydrogen-bond acceptors (Lipinski definition) is 3. The lowest BCUT2D eigenvalue weighted by Crippen LogP contribution is -2.27. The minimum absolute atomic E-state index is 0.0959. The summed E-state index contributed by atoms with van der Waals surface area (Å²) in [6.07, 6.45) is 0. The Hall–Kier alpha value is -1.36. The molecule has 2 N–H and O–H groups in total. The largest absolute Gasteiger partial charge is 0.324 e. The summed E-state index contributed by atoms with van der Waals surface area (Å²) in [6, 6.07) is 11.3. The van der Waals surface area contributed by atoms with E-state index in [9.17, 15) is 4.79 Å². The summed E-state index contributed by atoms with van der Waals surface area (Å²) in [5, 5.41) is 6.43. The Kier molecular flexibility index (Phi) is 4.96. The monoisotopic (exact) mass is 294 g/mol. The molecule has 2 aromatic rings. The molecule has 0 unspecified atom stereocenters. The normalized spacial score (nSPS) is 10.4. The van der Waals surface area contributed by atoms with Gasteiger partial charge in [0.05, 0.1) is 17.3 Å². The summed E-state index contributed by atoms with van der Waals surface area (Å²) in [5.74, 6) is -0.0959. The maximum absolute atomic E-state index is 11.7. The van der Waals surface area contributed by atoms with Gasteiger partial charge in [-0.3, -0.25) is 4.79 Å². The highest BCUT2D eigenvalue weighted by Gasteiger charge is 2.05. The van der Waals surface area contributed by atoms with E-state index in [-0.39, 0.29) is 12.5 Å². The Labute approximate surface area is 121 Å². The molecule has 0 aliphatic carbocycles. The molecule has 0 atom stereocenters. The van der Waals surface area contributed by atoms with E-state index in [0.29, 0.717) is 17.3 Å². The summed E-state index contributed by atoms with van der Waals surface area (Å²) in [7, 11) is 0. The first kappa shape index (κ1) is 14.1. The van der Waals surface area contributed by atoms with Crippen LogP contribution in [0.5, 0.6) is 0 Å². The third-order valence-corrected chi connectivity index (χ3v) is 3.86. The molecular formula is C14H15ClN2OS. The van der Waals surface area contributed by atoms with Crippen LogP contribution < -0.4 is 10.6 Å². The van der Waals surface area contributed by atoms with Crippen LogP contribution >= 0.6 is 22.9 Å². The van der Waals surface area contributed by atoms with E-state index in [0.717, 1.165) is 0 Å².